The Morgan fingerprint density at radius 3 is 2.78 bits per heavy atom. The molecule has 6 heteroatoms. The lowest BCUT2D eigenvalue weighted by Gasteiger charge is -2.30. The highest BCUT2D eigenvalue weighted by molar-refractivity contribution is 5.79. The van der Waals surface area contributed by atoms with Gasteiger partial charge < -0.3 is 15.2 Å². The van der Waals surface area contributed by atoms with E-state index in [1.54, 1.807) is 0 Å². The van der Waals surface area contributed by atoms with E-state index in [9.17, 15) is 0 Å². The van der Waals surface area contributed by atoms with Gasteiger partial charge in [0.2, 0.25) is 0 Å². The fourth-order valence-corrected chi connectivity index (χ4v) is 4.58. The molecule has 3 rings (SSSR count). The predicted molar refractivity (Wildman–Crippen MR) is 111 cm³/mol. The Bertz CT molecular complexity index is 585. The highest BCUT2D eigenvalue weighted by Crippen LogP contribution is 2.27. The summed E-state index contributed by atoms with van der Waals surface area (Å²) in [6.07, 6.45) is 14.9. The molecule has 1 aliphatic carbocycles. The van der Waals surface area contributed by atoms with Crippen LogP contribution in [0.4, 0.5) is 0 Å². The van der Waals surface area contributed by atoms with Gasteiger partial charge in [-0.1, -0.05) is 26.2 Å². The van der Waals surface area contributed by atoms with E-state index < -0.39 is 0 Å². The Labute approximate surface area is 164 Å². The van der Waals surface area contributed by atoms with Crippen molar-refractivity contribution < 1.29 is 0 Å². The van der Waals surface area contributed by atoms with Gasteiger partial charge in [0.1, 0.15) is 11.6 Å². The van der Waals surface area contributed by atoms with E-state index in [0.717, 1.165) is 50.1 Å². The first kappa shape index (κ1) is 20.2. The van der Waals surface area contributed by atoms with Crippen LogP contribution in [0.2, 0.25) is 0 Å². The van der Waals surface area contributed by atoms with Crippen molar-refractivity contribution in [2.24, 2.45) is 10.9 Å². The smallest absolute Gasteiger partial charge is 0.191 e. The van der Waals surface area contributed by atoms with Crippen LogP contribution in [0.3, 0.4) is 0 Å². The van der Waals surface area contributed by atoms with Crippen LogP contribution in [0, 0.1) is 5.92 Å². The lowest BCUT2D eigenvalue weighted by atomic mass is 9.83. The third kappa shape index (κ3) is 5.94. The molecule has 0 unspecified atom stereocenters. The summed E-state index contributed by atoms with van der Waals surface area (Å²) < 4.78 is 2.36. The normalized spacial score (nSPS) is 23.6. The van der Waals surface area contributed by atoms with Crippen molar-refractivity contribution in [3.63, 3.8) is 0 Å². The van der Waals surface area contributed by atoms with Crippen molar-refractivity contribution in [2.45, 2.75) is 96.6 Å². The summed E-state index contributed by atoms with van der Waals surface area (Å²) in [5.41, 5.74) is 0. The van der Waals surface area contributed by atoms with Crippen molar-refractivity contribution >= 4 is 5.96 Å². The molecule has 0 aromatic carbocycles. The predicted octanol–water partition coefficient (Wildman–Crippen LogP) is 3.46. The van der Waals surface area contributed by atoms with Crippen LogP contribution in [-0.4, -0.2) is 40.4 Å². The number of aryl methyl sites for hydroxylation is 2. The Balaban J connectivity index is 1.36. The van der Waals surface area contributed by atoms with Crippen molar-refractivity contribution in [1.82, 2.24) is 25.4 Å². The number of aliphatic imine (C=N–C) groups is 1. The van der Waals surface area contributed by atoms with Crippen LogP contribution in [0.5, 0.6) is 0 Å². The van der Waals surface area contributed by atoms with Gasteiger partial charge in [-0.3, -0.25) is 4.99 Å². The Morgan fingerprint density at radius 1 is 1.15 bits per heavy atom. The number of aromatic nitrogens is 3. The molecular formula is C21H38N6. The second kappa shape index (κ2) is 10.7. The second-order valence-electron chi connectivity index (χ2n) is 8.25. The summed E-state index contributed by atoms with van der Waals surface area (Å²) in [5, 5.41) is 15.9. The molecule has 0 atom stereocenters. The van der Waals surface area contributed by atoms with Gasteiger partial charge in [0.15, 0.2) is 5.96 Å². The molecule has 0 saturated heterocycles. The number of guanidine groups is 1. The van der Waals surface area contributed by atoms with Crippen molar-refractivity contribution in [1.29, 1.82) is 0 Å². The van der Waals surface area contributed by atoms with Crippen molar-refractivity contribution in [3.05, 3.63) is 11.6 Å². The molecule has 1 aromatic rings. The number of hydrogen-bond donors (Lipinski definition) is 2. The highest BCUT2D eigenvalue weighted by atomic mass is 15.3. The van der Waals surface area contributed by atoms with Crippen molar-refractivity contribution in [3.8, 4) is 0 Å². The fourth-order valence-electron chi connectivity index (χ4n) is 4.58. The van der Waals surface area contributed by atoms with Crippen LogP contribution in [0.25, 0.3) is 0 Å². The van der Waals surface area contributed by atoms with E-state index in [1.165, 1.54) is 63.6 Å². The monoisotopic (exact) mass is 374 g/mol. The molecule has 2 N–H and O–H groups in total. The van der Waals surface area contributed by atoms with Gasteiger partial charge in [-0.2, -0.15) is 0 Å². The minimum Gasteiger partial charge on any atom is -0.356 e. The molecule has 1 aliphatic heterocycles. The maximum atomic E-state index is 4.43. The number of rotatable bonds is 7. The van der Waals surface area contributed by atoms with E-state index in [4.69, 9.17) is 0 Å². The molecular weight excluding hydrogens is 336 g/mol. The van der Waals surface area contributed by atoms with Gasteiger partial charge >= 0.3 is 0 Å². The molecule has 0 amide bonds. The van der Waals surface area contributed by atoms with E-state index >= 15 is 0 Å². The maximum Gasteiger partial charge on any atom is 0.191 e. The summed E-state index contributed by atoms with van der Waals surface area (Å²) in [6.45, 7) is 4.31. The standard InChI is InChI=1S/C21H38N6/c1-3-8-17-11-13-18(14-12-17)24-21(22-2)23-15-7-10-20-26-25-19-9-5-4-6-16-27(19)20/h17-18H,3-16H2,1-2H3,(H2,22,23,24). The zero-order chi connectivity index (χ0) is 18.9. The average Bonchev–Trinajstić information content (AvgIpc) is 2.92. The van der Waals surface area contributed by atoms with Gasteiger partial charge in [-0.15, -0.1) is 10.2 Å². The minimum atomic E-state index is 0.580. The Kier molecular flexibility index (Phi) is 7.96. The molecule has 1 aromatic heterocycles. The summed E-state index contributed by atoms with van der Waals surface area (Å²) in [4.78, 5) is 4.42. The minimum absolute atomic E-state index is 0.580. The number of nitrogens with zero attached hydrogens (tertiary/aromatic N) is 4. The van der Waals surface area contributed by atoms with Gasteiger partial charge in [0.25, 0.3) is 0 Å². The second-order valence-corrected chi connectivity index (χ2v) is 8.25. The summed E-state index contributed by atoms with van der Waals surface area (Å²) >= 11 is 0. The first-order chi connectivity index (χ1) is 13.3. The van der Waals surface area contributed by atoms with E-state index in [-0.39, 0.29) is 0 Å². The van der Waals surface area contributed by atoms with Gasteiger partial charge in [-0.05, 0) is 50.9 Å². The summed E-state index contributed by atoms with van der Waals surface area (Å²) in [5.74, 6) is 4.24. The molecule has 27 heavy (non-hydrogen) atoms. The zero-order valence-electron chi connectivity index (χ0n) is 17.3. The number of nitrogens with one attached hydrogen (secondary N) is 2. The Morgan fingerprint density at radius 2 is 2.00 bits per heavy atom. The quantitative estimate of drug-likeness (QED) is 0.436. The van der Waals surface area contributed by atoms with Gasteiger partial charge in [0, 0.05) is 39.0 Å². The SMILES string of the molecule is CCCC1CCC(NC(=NC)NCCCc2nnc3n2CCCCC3)CC1. The third-order valence-electron chi connectivity index (χ3n) is 6.16. The summed E-state index contributed by atoms with van der Waals surface area (Å²) in [6, 6.07) is 0.580. The first-order valence-electron chi connectivity index (χ1n) is 11.2. The molecule has 2 aliphatic rings. The lowest BCUT2D eigenvalue weighted by molar-refractivity contribution is 0.295. The van der Waals surface area contributed by atoms with Crippen LogP contribution in [-0.2, 0) is 19.4 Å². The maximum absolute atomic E-state index is 4.43. The van der Waals surface area contributed by atoms with Crippen LogP contribution in [0.15, 0.2) is 4.99 Å². The molecule has 1 saturated carbocycles. The highest BCUT2D eigenvalue weighted by Gasteiger charge is 2.21. The summed E-state index contributed by atoms with van der Waals surface area (Å²) in [7, 11) is 1.87. The first-order valence-corrected chi connectivity index (χ1v) is 11.2. The average molecular weight is 375 g/mol. The molecule has 0 spiro atoms. The largest absolute Gasteiger partial charge is 0.356 e. The van der Waals surface area contributed by atoms with Crippen molar-refractivity contribution in [2.75, 3.05) is 13.6 Å². The van der Waals surface area contributed by atoms with Crippen LogP contribution >= 0.6 is 0 Å². The zero-order valence-corrected chi connectivity index (χ0v) is 17.3. The third-order valence-corrected chi connectivity index (χ3v) is 6.16. The van der Waals surface area contributed by atoms with E-state index in [0.29, 0.717) is 6.04 Å². The van der Waals surface area contributed by atoms with Crippen LogP contribution in [0.1, 0.15) is 82.8 Å². The fraction of sp³-hybridized carbons (Fsp3) is 0.857. The van der Waals surface area contributed by atoms with E-state index in [1.807, 2.05) is 7.05 Å². The number of hydrogen-bond acceptors (Lipinski definition) is 3. The number of fused-ring (bicyclic) bond motifs is 1. The van der Waals surface area contributed by atoms with Gasteiger partial charge in [0.05, 0.1) is 0 Å². The van der Waals surface area contributed by atoms with Crippen LogP contribution < -0.4 is 10.6 Å². The molecule has 2 heterocycles. The molecule has 0 bridgehead atoms. The van der Waals surface area contributed by atoms with Gasteiger partial charge in [-0.25, -0.2) is 0 Å². The van der Waals surface area contributed by atoms with E-state index in [2.05, 4.69) is 37.3 Å². The lowest BCUT2D eigenvalue weighted by Crippen LogP contribution is -2.45. The molecule has 152 valence electrons. The molecule has 6 nitrogen and oxygen atoms in total. The molecule has 0 radical (unpaired) electrons. The molecule has 1 fully saturated rings. The topological polar surface area (TPSA) is 67.1 Å². The Hall–Kier alpha value is -1.59.